The van der Waals surface area contributed by atoms with Gasteiger partial charge in [-0.15, -0.1) is 0 Å². The zero-order chi connectivity index (χ0) is 32.4. The molecule has 0 bridgehead atoms. The summed E-state index contributed by atoms with van der Waals surface area (Å²) in [6.45, 7) is 4.25. The molecule has 1 saturated heterocycles. The molecule has 7 rings (SSSR count). The maximum Gasteiger partial charge on any atom is 0.303 e. The van der Waals surface area contributed by atoms with E-state index in [0.717, 1.165) is 76.3 Å². The quantitative estimate of drug-likeness (QED) is 0.385. The average Bonchev–Trinajstić information content (AvgIpc) is 3.74. The first-order valence-corrected chi connectivity index (χ1v) is 18.0. The molecule has 4 aliphatic rings. The van der Waals surface area contributed by atoms with Crippen LogP contribution >= 0.6 is 0 Å². The number of hydrogen-bond acceptors (Lipinski definition) is 6. The topological polar surface area (TPSA) is 110 Å². The molecule has 2 unspecified atom stereocenters. The lowest BCUT2D eigenvalue weighted by Gasteiger charge is -2.38. The molecule has 0 radical (unpaired) electrons. The van der Waals surface area contributed by atoms with Crippen molar-refractivity contribution in [2.24, 2.45) is 5.41 Å². The van der Waals surface area contributed by atoms with Gasteiger partial charge in [0.1, 0.15) is 5.75 Å². The Balaban J connectivity index is 1.44. The molecular weight excluding hydrogens is 604 g/mol. The van der Waals surface area contributed by atoms with Gasteiger partial charge in [0.25, 0.3) is 5.91 Å². The summed E-state index contributed by atoms with van der Waals surface area (Å²) in [6, 6.07) is 11.8. The van der Waals surface area contributed by atoms with Gasteiger partial charge in [-0.1, -0.05) is 32.3 Å². The molecule has 2 aliphatic carbocycles. The lowest BCUT2D eigenvalue weighted by Crippen LogP contribution is -2.52. The van der Waals surface area contributed by atoms with Gasteiger partial charge in [-0.2, -0.15) is 12.7 Å². The Morgan fingerprint density at radius 3 is 2.61 bits per heavy atom. The molecule has 10 nitrogen and oxygen atoms in total. The predicted molar refractivity (Wildman–Crippen MR) is 176 cm³/mol. The fourth-order valence-electron chi connectivity index (χ4n) is 8.24. The number of carbonyl (C=O) groups is 2. The van der Waals surface area contributed by atoms with Crippen molar-refractivity contribution in [2.45, 2.75) is 76.3 Å². The number of aromatic nitrogens is 1. The van der Waals surface area contributed by atoms with Crippen LogP contribution in [0.2, 0.25) is 0 Å². The Morgan fingerprint density at radius 2 is 1.89 bits per heavy atom. The molecule has 2 amide bonds. The number of rotatable bonds is 7. The molecule has 3 heterocycles. The van der Waals surface area contributed by atoms with E-state index >= 15 is 0 Å². The van der Waals surface area contributed by atoms with Crippen molar-refractivity contribution in [1.82, 2.24) is 18.5 Å². The van der Waals surface area contributed by atoms with Crippen LogP contribution in [0.3, 0.4) is 0 Å². The molecule has 0 spiro atoms. The number of carbonyl (C=O) groups excluding carboxylic acids is 2. The van der Waals surface area contributed by atoms with Crippen LogP contribution in [0.5, 0.6) is 5.75 Å². The minimum atomic E-state index is -3.97. The first kappa shape index (κ1) is 31.2. The van der Waals surface area contributed by atoms with Crippen molar-refractivity contribution in [3.8, 4) is 17.0 Å². The highest BCUT2D eigenvalue weighted by Gasteiger charge is 2.64. The van der Waals surface area contributed by atoms with E-state index in [1.54, 1.807) is 13.2 Å². The van der Waals surface area contributed by atoms with E-state index in [4.69, 9.17) is 9.47 Å². The number of amides is 2. The zero-order valence-corrected chi connectivity index (χ0v) is 28.0. The summed E-state index contributed by atoms with van der Waals surface area (Å²) < 4.78 is 42.0. The minimum Gasteiger partial charge on any atom is -0.497 e. The van der Waals surface area contributed by atoms with Crippen molar-refractivity contribution in [3.05, 3.63) is 53.1 Å². The maximum atomic E-state index is 14.7. The Morgan fingerprint density at radius 1 is 1.11 bits per heavy atom. The third-order valence-corrected chi connectivity index (χ3v) is 12.3. The average molecular weight is 649 g/mol. The number of ether oxygens (including phenoxy) is 2. The molecular formula is C35H44N4O6S. The van der Waals surface area contributed by atoms with Crippen LogP contribution < -0.4 is 9.46 Å². The van der Waals surface area contributed by atoms with Gasteiger partial charge in [0, 0.05) is 55.1 Å². The van der Waals surface area contributed by atoms with Crippen LogP contribution in [0.1, 0.15) is 85.2 Å². The van der Waals surface area contributed by atoms with Crippen LogP contribution in [0.15, 0.2) is 36.4 Å². The van der Waals surface area contributed by atoms with E-state index in [1.165, 1.54) is 26.1 Å². The van der Waals surface area contributed by atoms with Gasteiger partial charge in [-0.25, -0.2) is 4.72 Å². The highest BCUT2D eigenvalue weighted by atomic mass is 32.2. The number of benzene rings is 2. The number of methoxy groups -OCH3 is 1. The third kappa shape index (κ3) is 5.02. The molecule has 1 N–H and O–H groups in total. The van der Waals surface area contributed by atoms with Crippen LogP contribution in [-0.4, -0.2) is 81.0 Å². The van der Waals surface area contributed by atoms with Gasteiger partial charge >= 0.3 is 10.2 Å². The number of hydrogen-bond donors (Lipinski definition) is 1. The third-order valence-electron chi connectivity index (χ3n) is 10.9. The fraction of sp³-hybridized carbons (Fsp3) is 0.543. The predicted octanol–water partition coefficient (Wildman–Crippen LogP) is 5.03. The van der Waals surface area contributed by atoms with Crippen LogP contribution in [0.4, 0.5) is 0 Å². The molecule has 11 heteroatoms. The van der Waals surface area contributed by atoms with Crippen molar-refractivity contribution in [1.29, 1.82) is 0 Å². The van der Waals surface area contributed by atoms with E-state index in [1.807, 2.05) is 23.1 Å². The Labute approximate surface area is 271 Å². The highest BCUT2D eigenvalue weighted by molar-refractivity contribution is 7.87. The van der Waals surface area contributed by atoms with Crippen molar-refractivity contribution in [2.75, 3.05) is 41.0 Å². The van der Waals surface area contributed by atoms with Gasteiger partial charge in [-0.05, 0) is 73.1 Å². The summed E-state index contributed by atoms with van der Waals surface area (Å²) in [5, 5.41) is 1.06. The van der Waals surface area contributed by atoms with Crippen LogP contribution in [0.25, 0.3) is 22.2 Å². The Bertz CT molecular complexity index is 1810. The van der Waals surface area contributed by atoms with Crippen molar-refractivity contribution < 1.29 is 27.5 Å². The van der Waals surface area contributed by atoms with Gasteiger partial charge in [0.2, 0.25) is 5.91 Å². The summed E-state index contributed by atoms with van der Waals surface area (Å²) in [5.74, 6) is 0.645. The summed E-state index contributed by atoms with van der Waals surface area (Å²) in [5.41, 5.74) is 5.13. The number of fused-ring (bicyclic) bond motifs is 7. The first-order chi connectivity index (χ1) is 22.1. The lowest BCUT2D eigenvalue weighted by atomic mass is 9.81. The van der Waals surface area contributed by atoms with Gasteiger partial charge in [0.05, 0.1) is 37.5 Å². The summed E-state index contributed by atoms with van der Waals surface area (Å²) in [6.07, 6.45) is 7.28. The molecule has 3 atom stereocenters. The normalized spacial score (nSPS) is 24.6. The second kappa shape index (κ2) is 11.7. The number of morpholine rings is 1. The zero-order valence-electron chi connectivity index (χ0n) is 27.2. The second-order valence-corrected chi connectivity index (χ2v) is 15.5. The standard InChI is InChI=1S/C35H44N4O6S/c1-5-24-20-45-16-15-38(24)34(41)35-19-29(35)28-18-25(44-4)12-14-26(28)32-31(22-9-7-6-8-10-22)27-13-11-23(17-30(27)39(32)21-35)33(40)36-46(42,43)37(2)3/h11-14,17-18,22,24,29H,5-10,15-16,19-21H2,1-4H3,(H,36,40)/t24-,29?,35?/m1/s1. The highest BCUT2D eigenvalue weighted by Crippen LogP contribution is 2.66. The maximum absolute atomic E-state index is 14.7. The monoisotopic (exact) mass is 648 g/mol. The lowest BCUT2D eigenvalue weighted by molar-refractivity contribution is -0.146. The molecule has 2 aromatic carbocycles. The molecule has 46 heavy (non-hydrogen) atoms. The van der Waals surface area contributed by atoms with Crippen LogP contribution in [0, 0.1) is 5.41 Å². The number of nitrogens with one attached hydrogen (secondary N) is 1. The smallest absolute Gasteiger partial charge is 0.303 e. The molecule has 1 aromatic heterocycles. The van der Waals surface area contributed by atoms with E-state index < -0.39 is 21.5 Å². The minimum absolute atomic E-state index is 0.0383. The van der Waals surface area contributed by atoms with Gasteiger partial charge < -0.3 is 18.9 Å². The fourth-order valence-corrected chi connectivity index (χ4v) is 8.77. The molecule has 3 fully saturated rings. The van der Waals surface area contributed by atoms with Crippen LogP contribution in [-0.2, 0) is 26.3 Å². The first-order valence-electron chi connectivity index (χ1n) is 16.6. The number of nitrogens with zero attached hydrogens (tertiary/aromatic N) is 3. The summed E-state index contributed by atoms with van der Waals surface area (Å²) in [4.78, 5) is 30.1. The van der Waals surface area contributed by atoms with E-state index in [9.17, 15) is 18.0 Å². The summed E-state index contributed by atoms with van der Waals surface area (Å²) >= 11 is 0. The van der Waals surface area contributed by atoms with Crippen molar-refractivity contribution >= 4 is 32.9 Å². The molecule has 2 saturated carbocycles. The Hall–Kier alpha value is -3.41. The van der Waals surface area contributed by atoms with Gasteiger partial charge in [-0.3, -0.25) is 9.59 Å². The van der Waals surface area contributed by atoms with Crippen molar-refractivity contribution in [3.63, 3.8) is 0 Å². The molecule has 2 aliphatic heterocycles. The SMILES string of the molecule is CC[C@@H]1COCCN1C(=O)C12CC1c1cc(OC)ccc1-c1c(C3CCCCC3)c3ccc(C(=O)NS(=O)(=O)N(C)C)cc3n1C2. The van der Waals surface area contributed by atoms with E-state index in [0.29, 0.717) is 32.2 Å². The van der Waals surface area contributed by atoms with E-state index in [2.05, 4.69) is 28.3 Å². The Kier molecular flexibility index (Phi) is 7.92. The second-order valence-electron chi connectivity index (χ2n) is 13.6. The molecule has 3 aromatic rings. The van der Waals surface area contributed by atoms with E-state index in [-0.39, 0.29) is 23.4 Å². The summed E-state index contributed by atoms with van der Waals surface area (Å²) in [7, 11) is 0.475. The largest absolute Gasteiger partial charge is 0.497 e. The molecule has 246 valence electrons. The van der Waals surface area contributed by atoms with Gasteiger partial charge in [0.15, 0.2) is 0 Å².